The molecule has 1 N–H and O–H groups in total. The number of rotatable bonds is 6. The van der Waals surface area contributed by atoms with E-state index in [9.17, 15) is 26.3 Å². The Hall–Kier alpha value is -3.14. The Balaban J connectivity index is 1.68. The Bertz CT molecular complexity index is 1200. The molecule has 200 valence electrons. The molecule has 0 fully saturated rings. The first-order chi connectivity index (χ1) is 17.5. The summed E-state index contributed by atoms with van der Waals surface area (Å²) in [6.07, 6.45) is -3.39. The largest absolute Gasteiger partial charge is 0.416 e. The summed E-state index contributed by atoms with van der Waals surface area (Å²) in [5, 5.41) is 0. The summed E-state index contributed by atoms with van der Waals surface area (Å²) in [4.78, 5) is 6.79. The van der Waals surface area contributed by atoms with Crippen LogP contribution in [0.5, 0.6) is 0 Å². The van der Waals surface area contributed by atoms with Crippen LogP contribution >= 0.6 is 0 Å². The number of quaternary nitrogens is 1. The molecule has 0 saturated carbocycles. The maximum absolute atomic E-state index is 13.4. The van der Waals surface area contributed by atoms with Gasteiger partial charge in [-0.1, -0.05) is 6.08 Å². The molecule has 0 radical (unpaired) electrons. The van der Waals surface area contributed by atoms with Gasteiger partial charge in [0.05, 0.1) is 29.0 Å². The molecule has 37 heavy (non-hydrogen) atoms. The van der Waals surface area contributed by atoms with Crippen LogP contribution in [0.1, 0.15) is 38.8 Å². The van der Waals surface area contributed by atoms with Crippen molar-refractivity contribution in [3.05, 3.63) is 71.6 Å². The molecule has 4 nitrogen and oxygen atoms in total. The van der Waals surface area contributed by atoms with E-state index in [4.69, 9.17) is 0 Å². The minimum Gasteiger partial charge on any atom is -0.326 e. The first-order valence-corrected chi connectivity index (χ1v) is 12.4. The topological polar surface area (TPSA) is 14.2 Å². The molecule has 2 atom stereocenters. The van der Waals surface area contributed by atoms with E-state index in [0.717, 1.165) is 28.5 Å². The van der Waals surface area contributed by atoms with Gasteiger partial charge in [-0.05, 0) is 70.2 Å². The predicted molar refractivity (Wildman–Crippen MR) is 134 cm³/mol. The number of halogens is 6. The number of alkyl halides is 6. The van der Waals surface area contributed by atoms with Crippen molar-refractivity contribution < 1.29 is 31.2 Å². The predicted octanol–water partition coefficient (Wildman–Crippen LogP) is 6.19. The van der Waals surface area contributed by atoms with Crippen molar-refractivity contribution in [3.8, 4) is 0 Å². The Morgan fingerprint density at radius 1 is 0.757 bits per heavy atom. The quantitative estimate of drug-likeness (QED) is 0.453. The Morgan fingerprint density at radius 3 is 1.86 bits per heavy atom. The minimum absolute atomic E-state index is 0.212. The summed E-state index contributed by atoms with van der Waals surface area (Å²) in [5.41, 5.74) is 1.22. The summed E-state index contributed by atoms with van der Waals surface area (Å²) in [7, 11) is 0. The second-order valence-corrected chi connectivity index (χ2v) is 8.94. The van der Waals surface area contributed by atoms with Gasteiger partial charge >= 0.3 is 12.4 Å². The second-order valence-electron chi connectivity index (χ2n) is 8.94. The zero-order valence-corrected chi connectivity index (χ0v) is 21.2. The van der Waals surface area contributed by atoms with Crippen molar-refractivity contribution in [1.29, 1.82) is 0 Å². The van der Waals surface area contributed by atoms with E-state index in [1.165, 1.54) is 18.2 Å². The van der Waals surface area contributed by atoms with Crippen molar-refractivity contribution in [3.63, 3.8) is 0 Å². The lowest BCUT2D eigenvalue weighted by Gasteiger charge is -2.25. The first-order valence-electron chi connectivity index (χ1n) is 12.4. The lowest BCUT2D eigenvalue weighted by Crippen LogP contribution is -3.10. The fourth-order valence-electron chi connectivity index (χ4n) is 5.33. The molecule has 2 aliphatic rings. The highest BCUT2D eigenvalue weighted by atomic mass is 19.4. The summed E-state index contributed by atoms with van der Waals surface area (Å²) >= 11 is 0. The van der Waals surface area contributed by atoms with Gasteiger partial charge in [-0.3, -0.25) is 4.90 Å². The van der Waals surface area contributed by atoms with Crippen molar-refractivity contribution in [2.75, 3.05) is 40.9 Å². The Labute approximate surface area is 213 Å². The lowest BCUT2D eigenvalue weighted by atomic mass is 10.1. The molecule has 0 spiro atoms. The number of nitrogens with one attached hydrogen (secondary N) is 1. The van der Waals surface area contributed by atoms with Crippen LogP contribution in [0.4, 0.5) is 49.1 Å². The number of nitrogens with zero attached hydrogens (tertiary/aromatic N) is 3. The van der Waals surface area contributed by atoms with Crippen molar-refractivity contribution in [1.82, 2.24) is 0 Å². The van der Waals surface area contributed by atoms with E-state index in [0.29, 0.717) is 43.2 Å². The summed E-state index contributed by atoms with van der Waals surface area (Å²) < 4.78 is 80.2. The fraction of sp³-hybridized carbons (Fsp3) is 0.407. The number of likely N-dealkylation sites (N-methyl/N-ethyl adjacent to an activating group) is 2. The van der Waals surface area contributed by atoms with E-state index >= 15 is 0 Å². The van der Waals surface area contributed by atoms with E-state index in [2.05, 4.69) is 0 Å². The van der Waals surface area contributed by atoms with E-state index in [1.807, 2.05) is 60.6 Å². The standard InChI is InChI=1S/C27H30F6N4/c1-5-34-20-14-12-18(26(28,29)30)16-22(20)36(7-3)24(34)10-9-11-25-35(6-2)21-15-13-19(27(31,32)33)17-23(21)37(25)8-4/h9-17,24H,5-8H2,1-4H3/p+1. The highest BCUT2D eigenvalue weighted by Crippen LogP contribution is 2.44. The third-order valence-corrected chi connectivity index (χ3v) is 7.00. The van der Waals surface area contributed by atoms with Gasteiger partial charge in [0.2, 0.25) is 0 Å². The average Bonchev–Trinajstić information content (AvgIpc) is 3.32. The normalized spacial score (nSPS) is 20.9. The van der Waals surface area contributed by atoms with Crippen LogP contribution in [-0.4, -0.2) is 32.3 Å². The van der Waals surface area contributed by atoms with Crippen LogP contribution in [0, 0.1) is 0 Å². The third-order valence-electron chi connectivity index (χ3n) is 7.00. The molecular formula is C27H31F6N4+. The van der Waals surface area contributed by atoms with Crippen molar-refractivity contribution in [2.45, 2.75) is 46.2 Å². The minimum atomic E-state index is -4.43. The molecule has 0 amide bonds. The van der Waals surface area contributed by atoms with Crippen LogP contribution in [0.15, 0.2) is 60.4 Å². The zero-order valence-electron chi connectivity index (χ0n) is 21.2. The SMILES string of the molecule is CCN1C(=CC=CC2N(CC)c3cc(C(F)(F)F)ccc3[NH+]2CC)N(CC)c2cc(C(F)(F)F)ccc21. The molecule has 2 heterocycles. The fourth-order valence-corrected chi connectivity index (χ4v) is 5.33. The molecule has 2 unspecified atom stereocenters. The van der Waals surface area contributed by atoms with Gasteiger partial charge < -0.3 is 14.7 Å². The van der Waals surface area contributed by atoms with Crippen LogP contribution in [-0.2, 0) is 12.4 Å². The number of hydrogen-bond acceptors (Lipinski definition) is 3. The molecule has 0 bridgehead atoms. The Kier molecular flexibility index (Phi) is 7.25. The molecule has 10 heteroatoms. The van der Waals surface area contributed by atoms with Crippen molar-refractivity contribution >= 4 is 22.7 Å². The van der Waals surface area contributed by atoms with Gasteiger partial charge in [0.1, 0.15) is 11.5 Å². The number of allylic oxidation sites excluding steroid dienone is 2. The summed E-state index contributed by atoms with van der Waals surface area (Å²) in [6, 6.07) is 7.67. The van der Waals surface area contributed by atoms with Crippen LogP contribution < -0.4 is 19.6 Å². The highest BCUT2D eigenvalue weighted by molar-refractivity contribution is 5.83. The smallest absolute Gasteiger partial charge is 0.326 e. The van der Waals surface area contributed by atoms with Gasteiger partial charge in [0.25, 0.3) is 0 Å². The first kappa shape index (κ1) is 26.9. The van der Waals surface area contributed by atoms with Gasteiger partial charge in [-0.15, -0.1) is 0 Å². The highest BCUT2D eigenvalue weighted by Gasteiger charge is 2.41. The summed E-state index contributed by atoms with van der Waals surface area (Å²) in [5.74, 6) is 0.756. The number of fused-ring (bicyclic) bond motifs is 2. The summed E-state index contributed by atoms with van der Waals surface area (Å²) in [6.45, 7) is 9.96. The number of benzene rings is 2. The Morgan fingerprint density at radius 2 is 1.32 bits per heavy atom. The van der Waals surface area contributed by atoms with Gasteiger partial charge in [-0.2, -0.15) is 26.3 Å². The molecule has 0 aliphatic carbocycles. The monoisotopic (exact) mass is 525 g/mol. The molecule has 4 rings (SSSR count). The van der Waals surface area contributed by atoms with Gasteiger partial charge in [0.15, 0.2) is 11.9 Å². The van der Waals surface area contributed by atoms with Crippen molar-refractivity contribution in [2.24, 2.45) is 0 Å². The maximum Gasteiger partial charge on any atom is 0.416 e. The van der Waals surface area contributed by atoms with E-state index in [1.54, 1.807) is 6.07 Å². The number of hydrogen-bond donors (Lipinski definition) is 1. The number of anilines is 3. The van der Waals surface area contributed by atoms with Crippen LogP contribution in [0.2, 0.25) is 0 Å². The molecular weight excluding hydrogens is 494 g/mol. The van der Waals surface area contributed by atoms with Gasteiger partial charge in [0, 0.05) is 25.7 Å². The van der Waals surface area contributed by atoms with E-state index < -0.39 is 23.5 Å². The van der Waals surface area contributed by atoms with Crippen LogP contribution in [0.3, 0.4) is 0 Å². The molecule has 0 aromatic heterocycles. The maximum atomic E-state index is 13.4. The van der Waals surface area contributed by atoms with E-state index in [-0.39, 0.29) is 6.17 Å². The van der Waals surface area contributed by atoms with Crippen LogP contribution in [0.25, 0.3) is 0 Å². The average molecular weight is 526 g/mol. The van der Waals surface area contributed by atoms with Gasteiger partial charge in [-0.25, -0.2) is 0 Å². The lowest BCUT2D eigenvalue weighted by molar-refractivity contribution is -0.843. The molecule has 2 aliphatic heterocycles. The molecule has 2 aromatic carbocycles. The molecule has 0 saturated heterocycles. The third kappa shape index (κ3) is 4.79. The second kappa shape index (κ2) is 9.96. The zero-order chi connectivity index (χ0) is 27.1. The molecule has 2 aromatic rings.